The molecular formula is C43H40O13. The normalized spacial score (nSPS) is 23.0. The van der Waals surface area contributed by atoms with E-state index in [0.29, 0.717) is 17.5 Å². The van der Waals surface area contributed by atoms with E-state index in [4.69, 9.17) is 9.47 Å². The Kier molecular flexibility index (Phi) is 8.89. The van der Waals surface area contributed by atoms with Crippen molar-refractivity contribution >= 4 is 28.9 Å². The van der Waals surface area contributed by atoms with Gasteiger partial charge in [-0.15, -0.1) is 0 Å². The SMILES string of the molecule is COc1cccc2c1C(=O)c1c(O)c3c(c(O)c1C2=O)C[C@@](O)(C(C)=O)CC3C.COc1cccc2c1C(=O)c1c(O)c3c(c(O)c1C2=O)C[C@](C)(O)CC3C. The van der Waals surface area contributed by atoms with Gasteiger partial charge < -0.3 is 40.1 Å². The Labute approximate surface area is 320 Å². The largest absolute Gasteiger partial charge is 0.507 e. The highest BCUT2D eigenvalue weighted by Gasteiger charge is 2.47. The van der Waals surface area contributed by atoms with Gasteiger partial charge in [0.15, 0.2) is 17.3 Å². The molecule has 0 fully saturated rings. The second-order valence-corrected chi connectivity index (χ2v) is 15.4. The Morgan fingerprint density at radius 1 is 0.607 bits per heavy atom. The number of ether oxygens (including phenoxy) is 2. The van der Waals surface area contributed by atoms with Gasteiger partial charge in [0, 0.05) is 46.2 Å². The molecule has 8 rings (SSSR count). The molecule has 0 saturated carbocycles. The fourth-order valence-corrected chi connectivity index (χ4v) is 9.11. The fourth-order valence-electron chi connectivity index (χ4n) is 9.11. The number of phenols is 4. The second kappa shape index (κ2) is 13.0. The third kappa shape index (κ3) is 5.40. The number of ketones is 5. The average Bonchev–Trinajstić information content (AvgIpc) is 3.14. The summed E-state index contributed by atoms with van der Waals surface area (Å²) >= 11 is 0. The van der Waals surface area contributed by atoms with Crippen LogP contribution in [0.15, 0.2) is 36.4 Å². The zero-order chi connectivity index (χ0) is 40.9. The Balaban J connectivity index is 0.000000172. The second-order valence-electron chi connectivity index (χ2n) is 15.4. The van der Waals surface area contributed by atoms with E-state index in [-0.39, 0.29) is 104 Å². The summed E-state index contributed by atoms with van der Waals surface area (Å²) in [7, 11) is 2.77. The van der Waals surface area contributed by atoms with E-state index in [1.165, 1.54) is 33.3 Å². The van der Waals surface area contributed by atoms with Gasteiger partial charge in [-0.2, -0.15) is 0 Å². The average molecular weight is 765 g/mol. The van der Waals surface area contributed by atoms with Crippen molar-refractivity contribution in [2.24, 2.45) is 0 Å². The molecule has 4 aliphatic rings. The molecule has 2 unspecified atom stereocenters. The van der Waals surface area contributed by atoms with Crippen LogP contribution in [0.4, 0.5) is 0 Å². The lowest BCUT2D eigenvalue weighted by molar-refractivity contribution is -0.136. The fraction of sp³-hybridized carbons (Fsp3) is 0.326. The van der Waals surface area contributed by atoms with Gasteiger partial charge in [-0.05, 0) is 50.7 Å². The van der Waals surface area contributed by atoms with E-state index >= 15 is 0 Å². The number of rotatable bonds is 3. The van der Waals surface area contributed by atoms with Crippen LogP contribution in [0, 0.1) is 0 Å². The van der Waals surface area contributed by atoms with Crippen LogP contribution in [0.1, 0.15) is 138 Å². The van der Waals surface area contributed by atoms with Crippen molar-refractivity contribution in [3.8, 4) is 34.5 Å². The van der Waals surface area contributed by atoms with Crippen LogP contribution < -0.4 is 9.47 Å². The standard InChI is InChI=1S/C22H20O7.C21H20O6/c1-9-7-22(28,10(2)23)8-12-14(9)20(26)17-16(19(12)25)18(24)11-5-4-6-13(29-3)15(11)21(17)27;1-9-7-21(2,26)8-11-13(9)19(24)16-15(18(11)23)17(22)10-5-4-6-12(27-3)14(10)20(16)25/h4-6,9,25-26,28H,7-8H2,1-3H3;4-6,9,23-24,26H,7-8H2,1-3H3/t9?,22-;9?,21-/m11/s1. The molecular weight excluding hydrogens is 724 g/mol. The van der Waals surface area contributed by atoms with Gasteiger partial charge in [0.2, 0.25) is 11.6 Å². The molecule has 0 saturated heterocycles. The van der Waals surface area contributed by atoms with Crippen LogP contribution in [-0.4, -0.2) is 85.0 Å². The zero-order valence-electron chi connectivity index (χ0n) is 31.5. The minimum atomic E-state index is -1.71. The molecule has 290 valence electrons. The monoisotopic (exact) mass is 764 g/mol. The third-order valence-corrected chi connectivity index (χ3v) is 11.6. The first-order chi connectivity index (χ1) is 26.3. The lowest BCUT2D eigenvalue weighted by atomic mass is 9.69. The lowest BCUT2D eigenvalue weighted by Crippen LogP contribution is -2.43. The minimum absolute atomic E-state index is 0.0309. The number of carbonyl (C=O) groups excluding carboxylic acids is 5. The topological polar surface area (TPSA) is 225 Å². The van der Waals surface area contributed by atoms with E-state index in [9.17, 15) is 54.6 Å². The number of aromatic hydroxyl groups is 4. The van der Waals surface area contributed by atoms with Gasteiger partial charge in [-0.25, -0.2) is 0 Å². The molecule has 0 spiro atoms. The maximum Gasteiger partial charge on any atom is 0.202 e. The zero-order valence-corrected chi connectivity index (χ0v) is 31.5. The molecule has 0 aliphatic heterocycles. The lowest BCUT2D eigenvalue weighted by Gasteiger charge is -2.37. The van der Waals surface area contributed by atoms with Gasteiger partial charge in [-0.3, -0.25) is 24.0 Å². The molecule has 4 aliphatic carbocycles. The predicted molar refractivity (Wildman–Crippen MR) is 199 cm³/mol. The van der Waals surface area contributed by atoms with Crippen LogP contribution in [0.2, 0.25) is 0 Å². The number of fused-ring (bicyclic) bond motifs is 6. The maximum atomic E-state index is 13.2. The first-order valence-electron chi connectivity index (χ1n) is 18.0. The third-order valence-electron chi connectivity index (χ3n) is 11.6. The predicted octanol–water partition coefficient (Wildman–Crippen LogP) is 4.93. The molecule has 4 atom stereocenters. The van der Waals surface area contributed by atoms with Crippen molar-refractivity contribution in [1.29, 1.82) is 0 Å². The van der Waals surface area contributed by atoms with E-state index in [0.717, 1.165) is 0 Å². The molecule has 4 aromatic carbocycles. The summed E-state index contributed by atoms with van der Waals surface area (Å²) in [5.74, 6) is -4.72. The molecule has 4 aromatic rings. The summed E-state index contributed by atoms with van der Waals surface area (Å²) in [4.78, 5) is 64.6. The molecule has 0 heterocycles. The van der Waals surface area contributed by atoms with Crippen LogP contribution in [0.25, 0.3) is 0 Å². The van der Waals surface area contributed by atoms with Crippen LogP contribution in [-0.2, 0) is 17.6 Å². The molecule has 0 radical (unpaired) electrons. The number of methoxy groups -OCH3 is 2. The van der Waals surface area contributed by atoms with Crippen LogP contribution in [0.5, 0.6) is 34.5 Å². The quantitative estimate of drug-likeness (QED) is 0.132. The number of Topliss-reactive ketones (excluding diaryl/α,β-unsaturated/α-hetero) is 1. The molecule has 13 heteroatoms. The van der Waals surface area contributed by atoms with Crippen molar-refractivity contribution in [3.05, 3.63) is 103 Å². The molecule has 6 N–H and O–H groups in total. The first kappa shape index (κ1) is 38.2. The molecule has 0 amide bonds. The molecule has 56 heavy (non-hydrogen) atoms. The van der Waals surface area contributed by atoms with Crippen molar-refractivity contribution in [1.82, 2.24) is 0 Å². The maximum absolute atomic E-state index is 13.2. The summed E-state index contributed by atoms with van der Waals surface area (Å²) in [6.07, 6.45) is 0.240. The summed E-state index contributed by atoms with van der Waals surface area (Å²) in [5, 5.41) is 64.9. The Morgan fingerprint density at radius 3 is 1.41 bits per heavy atom. The van der Waals surface area contributed by atoms with E-state index in [1.807, 2.05) is 6.92 Å². The number of aliphatic hydroxyl groups is 2. The van der Waals surface area contributed by atoms with Crippen molar-refractivity contribution in [2.75, 3.05) is 14.2 Å². The van der Waals surface area contributed by atoms with Crippen molar-refractivity contribution in [2.45, 2.75) is 76.4 Å². The number of benzene rings is 4. The minimum Gasteiger partial charge on any atom is -0.507 e. The number of hydrogen-bond acceptors (Lipinski definition) is 13. The molecule has 13 nitrogen and oxygen atoms in total. The summed E-state index contributed by atoms with van der Waals surface area (Å²) < 4.78 is 10.4. The Morgan fingerprint density at radius 2 is 1.00 bits per heavy atom. The van der Waals surface area contributed by atoms with Gasteiger partial charge >= 0.3 is 0 Å². The summed E-state index contributed by atoms with van der Waals surface area (Å²) in [6.45, 7) is 6.39. The van der Waals surface area contributed by atoms with E-state index in [2.05, 4.69) is 0 Å². The Bertz CT molecular complexity index is 2470. The van der Waals surface area contributed by atoms with Gasteiger partial charge in [0.05, 0.1) is 53.2 Å². The van der Waals surface area contributed by atoms with E-state index < -0.39 is 57.5 Å². The number of hydrogen-bond donors (Lipinski definition) is 6. The smallest absolute Gasteiger partial charge is 0.202 e. The highest BCUT2D eigenvalue weighted by molar-refractivity contribution is 6.32. The summed E-state index contributed by atoms with van der Waals surface area (Å²) in [5.41, 5.74) is -2.36. The van der Waals surface area contributed by atoms with Crippen molar-refractivity contribution in [3.63, 3.8) is 0 Å². The molecule has 0 aromatic heterocycles. The first-order valence-corrected chi connectivity index (χ1v) is 18.0. The number of phenolic OH excluding ortho intramolecular Hbond substituents is 4. The summed E-state index contributed by atoms with van der Waals surface area (Å²) in [6, 6.07) is 9.21. The highest BCUT2D eigenvalue weighted by atomic mass is 16.5. The molecule has 0 bridgehead atoms. The highest BCUT2D eigenvalue weighted by Crippen LogP contribution is 2.53. The van der Waals surface area contributed by atoms with Crippen LogP contribution >= 0.6 is 0 Å². The Hall–Kier alpha value is -6.05. The van der Waals surface area contributed by atoms with Gasteiger partial charge in [0.25, 0.3) is 0 Å². The number of carbonyl (C=O) groups is 5. The van der Waals surface area contributed by atoms with Gasteiger partial charge in [0.1, 0.15) is 40.1 Å². The van der Waals surface area contributed by atoms with Crippen LogP contribution in [0.3, 0.4) is 0 Å². The van der Waals surface area contributed by atoms with E-state index in [1.54, 1.807) is 38.1 Å². The van der Waals surface area contributed by atoms with Crippen molar-refractivity contribution < 1.29 is 64.1 Å². The van der Waals surface area contributed by atoms with Gasteiger partial charge in [-0.1, -0.05) is 38.1 Å².